The van der Waals surface area contributed by atoms with E-state index in [9.17, 15) is 14.0 Å². The first kappa shape index (κ1) is 19.8. The number of nitrogens with one attached hydrogen (secondary N) is 1. The Kier molecular flexibility index (Phi) is 7.09. The summed E-state index contributed by atoms with van der Waals surface area (Å²) in [5, 5.41) is 2.79. The molecule has 0 aliphatic carbocycles. The van der Waals surface area contributed by atoms with Crippen LogP contribution >= 0.6 is 15.9 Å². The molecular weight excluding hydrogens is 401 g/mol. The first-order valence-corrected chi connectivity index (χ1v) is 8.85. The van der Waals surface area contributed by atoms with E-state index >= 15 is 0 Å². The molecule has 0 aromatic heterocycles. The number of ether oxygens (including phenoxy) is 1. The van der Waals surface area contributed by atoms with Gasteiger partial charge in [0.1, 0.15) is 5.82 Å². The second-order valence-electron chi connectivity index (χ2n) is 5.72. The Morgan fingerprint density at radius 2 is 1.85 bits per heavy atom. The van der Waals surface area contributed by atoms with E-state index in [1.807, 2.05) is 37.3 Å². The zero-order valence-corrected chi connectivity index (χ0v) is 16.0. The van der Waals surface area contributed by atoms with Crippen molar-refractivity contribution in [3.63, 3.8) is 0 Å². The van der Waals surface area contributed by atoms with Crippen LogP contribution < -0.4 is 5.32 Å². The highest BCUT2D eigenvalue weighted by molar-refractivity contribution is 9.10. The van der Waals surface area contributed by atoms with Crippen LogP contribution in [0.1, 0.15) is 31.0 Å². The molecule has 0 aliphatic rings. The molecule has 1 N–H and O–H groups in total. The van der Waals surface area contributed by atoms with E-state index in [-0.39, 0.29) is 11.6 Å². The van der Waals surface area contributed by atoms with Gasteiger partial charge in [-0.1, -0.05) is 46.3 Å². The van der Waals surface area contributed by atoms with Gasteiger partial charge in [-0.15, -0.1) is 0 Å². The Balaban J connectivity index is 1.90. The van der Waals surface area contributed by atoms with Gasteiger partial charge in [0.25, 0.3) is 5.91 Å². The lowest BCUT2D eigenvalue weighted by atomic mass is 10.1. The fraction of sp³-hybridized carbons (Fsp3) is 0.200. The summed E-state index contributed by atoms with van der Waals surface area (Å²) >= 11 is 3.24. The van der Waals surface area contributed by atoms with Gasteiger partial charge in [0, 0.05) is 16.1 Å². The van der Waals surface area contributed by atoms with Crippen LogP contribution in [0.2, 0.25) is 0 Å². The normalized spacial score (nSPS) is 13.2. The number of hydrogen-bond donors (Lipinski definition) is 1. The number of carbonyl (C=O) groups is 2. The molecule has 1 amide bonds. The smallest absolute Gasteiger partial charge is 0.331 e. The quantitative estimate of drug-likeness (QED) is 0.557. The second kappa shape index (κ2) is 9.29. The molecule has 0 fully saturated rings. The SMILES string of the molecule is CC(OC(=O)/C=C/c1cc(Br)ccc1F)C(=O)NC(C)c1ccccc1. The van der Waals surface area contributed by atoms with Gasteiger partial charge in [0.05, 0.1) is 6.04 Å². The van der Waals surface area contributed by atoms with Crippen molar-refractivity contribution in [2.75, 3.05) is 0 Å². The highest BCUT2D eigenvalue weighted by Gasteiger charge is 2.19. The van der Waals surface area contributed by atoms with Gasteiger partial charge in [-0.2, -0.15) is 0 Å². The van der Waals surface area contributed by atoms with Crippen molar-refractivity contribution in [3.8, 4) is 0 Å². The van der Waals surface area contributed by atoms with Crippen molar-refractivity contribution in [1.29, 1.82) is 0 Å². The maximum Gasteiger partial charge on any atom is 0.331 e. The van der Waals surface area contributed by atoms with E-state index < -0.39 is 23.8 Å². The molecule has 26 heavy (non-hydrogen) atoms. The third kappa shape index (κ3) is 5.81. The van der Waals surface area contributed by atoms with Gasteiger partial charge in [-0.3, -0.25) is 4.79 Å². The molecular formula is C20H19BrFNO3. The van der Waals surface area contributed by atoms with Crippen LogP contribution in [0.4, 0.5) is 4.39 Å². The number of rotatable bonds is 6. The molecule has 0 spiro atoms. The Morgan fingerprint density at radius 3 is 2.54 bits per heavy atom. The first-order valence-electron chi connectivity index (χ1n) is 8.06. The van der Waals surface area contributed by atoms with Crippen molar-refractivity contribution in [1.82, 2.24) is 5.32 Å². The summed E-state index contributed by atoms with van der Waals surface area (Å²) in [5.41, 5.74) is 1.19. The van der Waals surface area contributed by atoms with Crippen molar-refractivity contribution in [3.05, 3.63) is 76.0 Å². The fourth-order valence-corrected chi connectivity index (χ4v) is 2.60. The van der Waals surface area contributed by atoms with E-state index in [2.05, 4.69) is 21.2 Å². The lowest BCUT2D eigenvalue weighted by Gasteiger charge is -2.17. The van der Waals surface area contributed by atoms with Crippen LogP contribution in [0.15, 0.2) is 59.1 Å². The van der Waals surface area contributed by atoms with Crippen molar-refractivity contribution < 1.29 is 18.7 Å². The minimum Gasteiger partial charge on any atom is -0.449 e. The zero-order chi connectivity index (χ0) is 19.1. The molecule has 2 aromatic rings. The third-order valence-electron chi connectivity index (χ3n) is 3.68. The van der Waals surface area contributed by atoms with Gasteiger partial charge < -0.3 is 10.1 Å². The van der Waals surface area contributed by atoms with Gasteiger partial charge in [0.2, 0.25) is 0 Å². The standard InChI is InChI=1S/C20H19BrFNO3/c1-13(15-6-4-3-5-7-15)23-20(25)14(2)26-19(24)11-8-16-12-17(21)9-10-18(16)22/h3-14H,1-2H3,(H,23,25)/b11-8+. The fourth-order valence-electron chi connectivity index (χ4n) is 2.22. The molecule has 0 heterocycles. The van der Waals surface area contributed by atoms with E-state index in [4.69, 9.17) is 4.74 Å². The van der Waals surface area contributed by atoms with Crippen LogP contribution in [0.25, 0.3) is 6.08 Å². The summed E-state index contributed by atoms with van der Waals surface area (Å²) in [6.07, 6.45) is 1.43. The summed E-state index contributed by atoms with van der Waals surface area (Å²) in [5.74, 6) is -1.59. The predicted molar refractivity (Wildman–Crippen MR) is 102 cm³/mol. The lowest BCUT2D eigenvalue weighted by Crippen LogP contribution is -2.37. The van der Waals surface area contributed by atoms with Crippen molar-refractivity contribution in [2.24, 2.45) is 0 Å². The highest BCUT2D eigenvalue weighted by Crippen LogP contribution is 2.17. The molecule has 6 heteroatoms. The Morgan fingerprint density at radius 1 is 1.15 bits per heavy atom. The summed E-state index contributed by atoms with van der Waals surface area (Å²) in [4.78, 5) is 24.0. The molecule has 4 nitrogen and oxygen atoms in total. The highest BCUT2D eigenvalue weighted by atomic mass is 79.9. The minimum absolute atomic E-state index is 0.212. The van der Waals surface area contributed by atoms with Gasteiger partial charge in [0.15, 0.2) is 6.10 Å². The number of amides is 1. The van der Waals surface area contributed by atoms with Crippen molar-refractivity contribution in [2.45, 2.75) is 26.0 Å². The predicted octanol–water partition coefficient (Wildman–Crippen LogP) is 4.41. The second-order valence-corrected chi connectivity index (χ2v) is 6.63. The molecule has 0 saturated heterocycles. The topological polar surface area (TPSA) is 55.4 Å². The average Bonchev–Trinajstić information content (AvgIpc) is 2.63. The van der Waals surface area contributed by atoms with Crippen molar-refractivity contribution >= 4 is 33.9 Å². The largest absolute Gasteiger partial charge is 0.449 e. The van der Waals surface area contributed by atoms with Crippen LogP contribution in [0.5, 0.6) is 0 Å². The van der Waals surface area contributed by atoms with E-state index in [0.29, 0.717) is 4.47 Å². The van der Waals surface area contributed by atoms with E-state index in [1.165, 1.54) is 25.1 Å². The number of benzene rings is 2. The van der Waals surface area contributed by atoms with Crippen LogP contribution in [0.3, 0.4) is 0 Å². The number of hydrogen-bond acceptors (Lipinski definition) is 3. The molecule has 0 aliphatic heterocycles. The van der Waals surface area contributed by atoms with E-state index in [1.54, 1.807) is 6.07 Å². The monoisotopic (exact) mass is 419 g/mol. The molecule has 0 saturated carbocycles. The van der Waals surface area contributed by atoms with Gasteiger partial charge >= 0.3 is 5.97 Å². The number of esters is 1. The Bertz CT molecular complexity index is 808. The molecule has 2 aromatic carbocycles. The third-order valence-corrected chi connectivity index (χ3v) is 4.17. The van der Waals surface area contributed by atoms with Gasteiger partial charge in [-0.05, 0) is 43.7 Å². The summed E-state index contributed by atoms with van der Waals surface area (Å²) < 4.78 is 19.4. The van der Waals surface area contributed by atoms with Crippen LogP contribution in [0, 0.1) is 5.82 Å². The average molecular weight is 420 g/mol. The summed E-state index contributed by atoms with van der Waals surface area (Å²) in [6, 6.07) is 13.6. The lowest BCUT2D eigenvalue weighted by molar-refractivity contribution is -0.150. The molecule has 0 radical (unpaired) electrons. The molecule has 2 unspecified atom stereocenters. The molecule has 2 rings (SSSR count). The number of halogens is 2. The maximum absolute atomic E-state index is 13.6. The Hall–Kier alpha value is -2.47. The van der Waals surface area contributed by atoms with Gasteiger partial charge in [-0.25, -0.2) is 9.18 Å². The van der Waals surface area contributed by atoms with Crippen LogP contribution in [-0.4, -0.2) is 18.0 Å². The van der Waals surface area contributed by atoms with E-state index in [0.717, 1.165) is 11.6 Å². The Labute approximate surface area is 160 Å². The molecule has 0 bridgehead atoms. The number of carbonyl (C=O) groups excluding carboxylic acids is 2. The summed E-state index contributed by atoms with van der Waals surface area (Å²) in [7, 11) is 0. The van der Waals surface area contributed by atoms with Crippen LogP contribution in [-0.2, 0) is 14.3 Å². The summed E-state index contributed by atoms with van der Waals surface area (Å²) in [6.45, 7) is 3.33. The first-order chi connectivity index (χ1) is 12.4. The maximum atomic E-state index is 13.6. The molecule has 2 atom stereocenters. The zero-order valence-electron chi connectivity index (χ0n) is 14.4. The molecule has 136 valence electrons. The minimum atomic E-state index is -0.967.